The molecule has 2 aromatic rings. The molecule has 0 aliphatic rings. The minimum absolute atomic E-state index is 0.336. The van der Waals surface area contributed by atoms with Crippen LogP contribution >= 0.6 is 0 Å². The SMILES string of the molecule is Nc1ccc(N)cc1.O=C(O)c1cocc1C(=O)O. The second-order valence-corrected chi connectivity index (χ2v) is 3.48. The summed E-state index contributed by atoms with van der Waals surface area (Å²) in [6.45, 7) is 0. The van der Waals surface area contributed by atoms with Gasteiger partial charge >= 0.3 is 11.9 Å². The van der Waals surface area contributed by atoms with Crippen molar-refractivity contribution in [3.8, 4) is 0 Å². The number of carboxylic acids is 2. The molecule has 7 heteroatoms. The first-order valence-corrected chi connectivity index (χ1v) is 5.05. The first-order valence-electron chi connectivity index (χ1n) is 5.05. The molecule has 0 spiro atoms. The van der Waals surface area contributed by atoms with E-state index in [1.807, 2.05) is 0 Å². The molecule has 0 unspecified atom stereocenters. The lowest BCUT2D eigenvalue weighted by Crippen LogP contribution is -2.03. The van der Waals surface area contributed by atoms with E-state index in [2.05, 4.69) is 4.42 Å². The molecular weight excluding hydrogens is 252 g/mol. The Morgan fingerprint density at radius 1 is 0.842 bits per heavy atom. The summed E-state index contributed by atoms with van der Waals surface area (Å²) in [5.41, 5.74) is 11.6. The monoisotopic (exact) mass is 264 g/mol. The Morgan fingerprint density at radius 2 is 1.16 bits per heavy atom. The summed E-state index contributed by atoms with van der Waals surface area (Å²) < 4.78 is 4.41. The molecule has 0 fully saturated rings. The molecule has 0 saturated heterocycles. The van der Waals surface area contributed by atoms with Crippen molar-refractivity contribution in [2.24, 2.45) is 0 Å². The molecule has 0 atom stereocenters. The van der Waals surface area contributed by atoms with Gasteiger partial charge < -0.3 is 26.1 Å². The predicted octanol–water partition coefficient (Wildman–Crippen LogP) is 1.53. The van der Waals surface area contributed by atoms with E-state index in [-0.39, 0.29) is 11.1 Å². The zero-order chi connectivity index (χ0) is 14.4. The van der Waals surface area contributed by atoms with Crippen molar-refractivity contribution in [1.29, 1.82) is 0 Å². The summed E-state index contributed by atoms with van der Waals surface area (Å²) in [4.78, 5) is 20.5. The summed E-state index contributed by atoms with van der Waals surface area (Å²) in [7, 11) is 0. The Labute approximate surface area is 108 Å². The van der Waals surface area contributed by atoms with Crippen molar-refractivity contribution >= 4 is 23.3 Å². The quantitative estimate of drug-likeness (QED) is 0.603. The maximum atomic E-state index is 10.3. The van der Waals surface area contributed by atoms with Gasteiger partial charge in [-0.25, -0.2) is 9.59 Å². The Kier molecular flexibility index (Phi) is 4.53. The molecule has 100 valence electrons. The van der Waals surface area contributed by atoms with Crippen molar-refractivity contribution in [1.82, 2.24) is 0 Å². The maximum Gasteiger partial charge on any atom is 0.339 e. The third kappa shape index (κ3) is 4.08. The lowest BCUT2D eigenvalue weighted by molar-refractivity contribution is 0.0653. The van der Waals surface area contributed by atoms with E-state index in [4.69, 9.17) is 21.7 Å². The van der Waals surface area contributed by atoms with E-state index in [1.54, 1.807) is 24.3 Å². The molecule has 0 aliphatic heterocycles. The maximum absolute atomic E-state index is 10.3. The summed E-state index contributed by atoms with van der Waals surface area (Å²) >= 11 is 0. The lowest BCUT2D eigenvalue weighted by atomic mass is 10.2. The summed E-state index contributed by atoms with van der Waals surface area (Å²) in [5.74, 6) is -2.62. The first kappa shape index (κ1) is 14.1. The van der Waals surface area contributed by atoms with Crippen LogP contribution in [0.4, 0.5) is 11.4 Å². The number of furan rings is 1. The molecule has 1 aromatic heterocycles. The van der Waals surface area contributed by atoms with Crippen molar-refractivity contribution in [3.63, 3.8) is 0 Å². The third-order valence-electron chi connectivity index (χ3n) is 2.06. The van der Waals surface area contributed by atoms with Crippen molar-refractivity contribution in [3.05, 3.63) is 47.9 Å². The van der Waals surface area contributed by atoms with Crippen LogP contribution in [0.5, 0.6) is 0 Å². The molecular formula is C12H12N2O5. The standard InChI is InChI=1S/C6H8N2.C6H4O5/c7-5-1-2-6(8)4-3-5;7-5(8)3-1-11-2-4(3)6(9)10/h1-4H,7-8H2;1-2H,(H,7,8)(H,9,10). The molecule has 0 saturated carbocycles. The van der Waals surface area contributed by atoms with E-state index in [0.717, 1.165) is 23.9 Å². The van der Waals surface area contributed by atoms with E-state index >= 15 is 0 Å². The highest BCUT2D eigenvalue weighted by atomic mass is 16.4. The van der Waals surface area contributed by atoms with Gasteiger partial charge in [-0.1, -0.05) is 0 Å². The number of hydrogen-bond acceptors (Lipinski definition) is 5. The molecule has 7 nitrogen and oxygen atoms in total. The topological polar surface area (TPSA) is 140 Å². The fourth-order valence-electron chi connectivity index (χ4n) is 1.12. The molecule has 19 heavy (non-hydrogen) atoms. The number of rotatable bonds is 2. The second kappa shape index (κ2) is 6.10. The number of hydrogen-bond donors (Lipinski definition) is 4. The van der Waals surface area contributed by atoms with Crippen LogP contribution in [0.2, 0.25) is 0 Å². The lowest BCUT2D eigenvalue weighted by Gasteiger charge is -1.90. The van der Waals surface area contributed by atoms with Gasteiger partial charge in [0.2, 0.25) is 0 Å². The predicted molar refractivity (Wildman–Crippen MR) is 67.9 cm³/mol. The summed E-state index contributed by atoms with van der Waals surface area (Å²) in [6.07, 6.45) is 1.76. The molecule has 0 amide bonds. The van der Waals surface area contributed by atoms with Gasteiger partial charge in [-0.2, -0.15) is 0 Å². The largest absolute Gasteiger partial charge is 0.478 e. The zero-order valence-corrected chi connectivity index (χ0v) is 9.74. The highest BCUT2D eigenvalue weighted by Crippen LogP contribution is 2.09. The third-order valence-corrected chi connectivity index (χ3v) is 2.06. The summed E-state index contributed by atoms with van der Waals surface area (Å²) in [6, 6.07) is 7.09. The van der Waals surface area contributed by atoms with Crippen LogP contribution in [0.3, 0.4) is 0 Å². The number of benzene rings is 1. The Hall–Kier alpha value is -2.96. The molecule has 6 N–H and O–H groups in total. The van der Waals surface area contributed by atoms with Crippen molar-refractivity contribution in [2.75, 3.05) is 11.5 Å². The van der Waals surface area contributed by atoms with E-state index in [0.29, 0.717) is 0 Å². The van der Waals surface area contributed by atoms with Crippen LogP contribution in [0.1, 0.15) is 20.7 Å². The zero-order valence-electron chi connectivity index (χ0n) is 9.74. The smallest absolute Gasteiger partial charge is 0.339 e. The van der Waals surface area contributed by atoms with Crippen LogP contribution in [0, 0.1) is 0 Å². The van der Waals surface area contributed by atoms with Gasteiger partial charge in [0, 0.05) is 11.4 Å². The number of carboxylic acid groups (broad SMARTS) is 2. The Balaban J connectivity index is 0.000000200. The molecule has 2 rings (SSSR count). The summed E-state index contributed by atoms with van der Waals surface area (Å²) in [5, 5.41) is 16.8. The number of carbonyl (C=O) groups is 2. The van der Waals surface area contributed by atoms with E-state index < -0.39 is 11.9 Å². The number of anilines is 2. The highest BCUT2D eigenvalue weighted by molar-refractivity contribution is 6.01. The van der Waals surface area contributed by atoms with Crippen LogP contribution in [0.15, 0.2) is 41.2 Å². The Bertz CT molecular complexity index is 525. The average molecular weight is 264 g/mol. The number of nitrogen functional groups attached to an aromatic ring is 2. The van der Waals surface area contributed by atoms with Crippen LogP contribution in [-0.2, 0) is 0 Å². The molecule has 0 aliphatic carbocycles. The Morgan fingerprint density at radius 3 is 1.42 bits per heavy atom. The first-order chi connectivity index (χ1) is 8.91. The van der Waals surface area contributed by atoms with Gasteiger partial charge in [-0.3, -0.25) is 0 Å². The minimum atomic E-state index is -1.31. The number of aromatic carboxylic acids is 2. The van der Waals surface area contributed by atoms with Crippen molar-refractivity contribution < 1.29 is 24.2 Å². The van der Waals surface area contributed by atoms with Gasteiger partial charge in [0.1, 0.15) is 23.7 Å². The molecule has 1 heterocycles. The van der Waals surface area contributed by atoms with Gasteiger partial charge in [-0.05, 0) is 24.3 Å². The normalized spacial score (nSPS) is 9.26. The van der Waals surface area contributed by atoms with Crippen LogP contribution < -0.4 is 11.5 Å². The van der Waals surface area contributed by atoms with E-state index in [9.17, 15) is 9.59 Å². The van der Waals surface area contributed by atoms with Crippen LogP contribution in [0.25, 0.3) is 0 Å². The second-order valence-electron chi connectivity index (χ2n) is 3.48. The molecule has 0 bridgehead atoms. The van der Waals surface area contributed by atoms with Crippen molar-refractivity contribution in [2.45, 2.75) is 0 Å². The van der Waals surface area contributed by atoms with Crippen LogP contribution in [-0.4, -0.2) is 22.2 Å². The molecule has 1 aromatic carbocycles. The minimum Gasteiger partial charge on any atom is -0.478 e. The van der Waals surface area contributed by atoms with E-state index in [1.165, 1.54) is 0 Å². The molecule has 0 radical (unpaired) electrons. The highest BCUT2D eigenvalue weighted by Gasteiger charge is 2.17. The van der Waals surface area contributed by atoms with Gasteiger partial charge in [0.05, 0.1) is 0 Å². The van der Waals surface area contributed by atoms with Gasteiger partial charge in [-0.15, -0.1) is 0 Å². The van der Waals surface area contributed by atoms with Gasteiger partial charge in [0.15, 0.2) is 0 Å². The number of nitrogens with two attached hydrogens (primary N) is 2. The fourth-order valence-corrected chi connectivity index (χ4v) is 1.12. The van der Waals surface area contributed by atoms with Gasteiger partial charge in [0.25, 0.3) is 0 Å². The average Bonchev–Trinajstić information content (AvgIpc) is 2.83. The fraction of sp³-hybridized carbons (Fsp3) is 0.